The first-order valence-electron chi connectivity index (χ1n) is 4.79. The first-order chi connectivity index (χ1) is 6.77. The van der Waals surface area contributed by atoms with Crippen LogP contribution in [0.5, 0.6) is 0 Å². The zero-order valence-corrected chi connectivity index (χ0v) is 8.77. The van der Waals surface area contributed by atoms with Crippen LogP contribution in [0.15, 0.2) is 35.3 Å². The van der Waals surface area contributed by atoms with E-state index in [2.05, 4.69) is 24.0 Å². The molecule has 3 nitrogen and oxygen atoms in total. The molecular weight excluding hydrogens is 174 g/mol. The summed E-state index contributed by atoms with van der Waals surface area (Å²) in [5, 5.41) is 0. The van der Waals surface area contributed by atoms with Crippen molar-refractivity contribution in [1.82, 2.24) is 4.90 Å². The summed E-state index contributed by atoms with van der Waals surface area (Å²) in [6.07, 6.45) is 0. The smallest absolute Gasteiger partial charge is 0.191 e. The van der Waals surface area contributed by atoms with Crippen LogP contribution in [0.25, 0.3) is 0 Å². The van der Waals surface area contributed by atoms with Gasteiger partial charge in [0.25, 0.3) is 0 Å². The van der Waals surface area contributed by atoms with Crippen molar-refractivity contribution in [2.24, 2.45) is 10.7 Å². The molecule has 0 unspecified atom stereocenters. The van der Waals surface area contributed by atoms with Gasteiger partial charge in [-0.3, -0.25) is 4.99 Å². The Balaban J connectivity index is 2.67. The van der Waals surface area contributed by atoms with Crippen LogP contribution in [-0.2, 0) is 6.54 Å². The largest absolute Gasteiger partial charge is 0.370 e. The highest BCUT2D eigenvalue weighted by Crippen LogP contribution is 2.03. The Hall–Kier alpha value is -1.51. The van der Waals surface area contributed by atoms with Gasteiger partial charge in [-0.05, 0) is 12.5 Å². The molecule has 0 saturated heterocycles. The van der Waals surface area contributed by atoms with Gasteiger partial charge in [0.15, 0.2) is 5.96 Å². The van der Waals surface area contributed by atoms with Gasteiger partial charge >= 0.3 is 0 Å². The molecule has 0 radical (unpaired) electrons. The summed E-state index contributed by atoms with van der Waals surface area (Å²) in [4.78, 5) is 6.01. The average molecular weight is 191 g/mol. The van der Waals surface area contributed by atoms with Crippen molar-refractivity contribution in [3.63, 3.8) is 0 Å². The lowest BCUT2D eigenvalue weighted by atomic mass is 10.2. The van der Waals surface area contributed by atoms with Gasteiger partial charge in [-0.25, -0.2) is 0 Å². The molecular formula is C11H17N3. The fourth-order valence-electron chi connectivity index (χ4n) is 1.30. The summed E-state index contributed by atoms with van der Waals surface area (Å²) in [5.41, 5.74) is 7.00. The number of aliphatic imine (C=N–C) groups is 1. The minimum absolute atomic E-state index is 0.594. The first-order valence-corrected chi connectivity index (χ1v) is 4.79. The van der Waals surface area contributed by atoms with Gasteiger partial charge in [-0.1, -0.05) is 30.3 Å². The molecule has 0 aliphatic rings. The minimum atomic E-state index is 0.594. The van der Waals surface area contributed by atoms with E-state index in [1.807, 2.05) is 23.1 Å². The van der Waals surface area contributed by atoms with Crippen LogP contribution in [0, 0.1) is 0 Å². The van der Waals surface area contributed by atoms with E-state index in [9.17, 15) is 0 Å². The molecule has 1 aromatic carbocycles. The Kier molecular flexibility index (Phi) is 3.98. The first kappa shape index (κ1) is 10.6. The highest BCUT2D eigenvalue weighted by atomic mass is 15.2. The van der Waals surface area contributed by atoms with E-state index in [-0.39, 0.29) is 0 Å². The second kappa shape index (κ2) is 5.27. The molecule has 0 aliphatic heterocycles. The molecule has 0 saturated carbocycles. The molecule has 0 aliphatic carbocycles. The van der Waals surface area contributed by atoms with E-state index in [1.54, 1.807) is 7.05 Å². The number of rotatable bonds is 3. The van der Waals surface area contributed by atoms with Gasteiger partial charge in [0, 0.05) is 20.1 Å². The second-order valence-electron chi connectivity index (χ2n) is 3.08. The van der Waals surface area contributed by atoms with Crippen LogP contribution < -0.4 is 5.73 Å². The molecule has 0 bridgehead atoms. The monoisotopic (exact) mass is 191 g/mol. The average Bonchev–Trinajstić information content (AvgIpc) is 2.26. The van der Waals surface area contributed by atoms with Gasteiger partial charge in [0.1, 0.15) is 0 Å². The quantitative estimate of drug-likeness (QED) is 0.580. The third-order valence-corrected chi connectivity index (χ3v) is 2.15. The third-order valence-electron chi connectivity index (χ3n) is 2.15. The molecule has 3 heteroatoms. The number of hydrogen-bond acceptors (Lipinski definition) is 1. The van der Waals surface area contributed by atoms with Crippen molar-refractivity contribution in [3.05, 3.63) is 35.9 Å². The SMILES string of the molecule is CCN(Cc1ccccc1)C(N)=NC. The number of benzene rings is 1. The summed E-state index contributed by atoms with van der Waals surface area (Å²) in [5.74, 6) is 0.594. The Morgan fingerprint density at radius 2 is 2.00 bits per heavy atom. The molecule has 0 fully saturated rings. The van der Waals surface area contributed by atoms with Crippen molar-refractivity contribution in [2.45, 2.75) is 13.5 Å². The molecule has 0 amide bonds. The Labute approximate surface area is 85.3 Å². The van der Waals surface area contributed by atoms with Crippen molar-refractivity contribution >= 4 is 5.96 Å². The van der Waals surface area contributed by atoms with Crippen molar-refractivity contribution in [2.75, 3.05) is 13.6 Å². The second-order valence-corrected chi connectivity index (χ2v) is 3.08. The lowest BCUT2D eigenvalue weighted by molar-refractivity contribution is 0.430. The van der Waals surface area contributed by atoms with Crippen LogP contribution in [-0.4, -0.2) is 24.5 Å². The van der Waals surface area contributed by atoms with Gasteiger partial charge in [0.2, 0.25) is 0 Å². The van der Waals surface area contributed by atoms with E-state index in [4.69, 9.17) is 5.73 Å². The highest BCUT2D eigenvalue weighted by Gasteiger charge is 2.04. The summed E-state index contributed by atoms with van der Waals surface area (Å²) in [6.45, 7) is 3.76. The Bertz CT molecular complexity index is 293. The number of nitrogens with two attached hydrogens (primary N) is 1. The predicted molar refractivity (Wildman–Crippen MR) is 60.1 cm³/mol. The summed E-state index contributed by atoms with van der Waals surface area (Å²) in [6, 6.07) is 10.2. The van der Waals surface area contributed by atoms with E-state index < -0.39 is 0 Å². The molecule has 14 heavy (non-hydrogen) atoms. The number of nitrogens with zero attached hydrogens (tertiary/aromatic N) is 2. The maximum absolute atomic E-state index is 5.75. The molecule has 1 aromatic rings. The Morgan fingerprint density at radius 1 is 1.36 bits per heavy atom. The van der Waals surface area contributed by atoms with Crippen molar-refractivity contribution in [1.29, 1.82) is 0 Å². The fraction of sp³-hybridized carbons (Fsp3) is 0.364. The third kappa shape index (κ3) is 2.76. The standard InChI is InChI=1S/C11H17N3/c1-3-14(11(12)13-2)9-10-7-5-4-6-8-10/h4-8H,3,9H2,1-2H3,(H2,12,13). The molecule has 2 N–H and O–H groups in total. The lowest BCUT2D eigenvalue weighted by Crippen LogP contribution is -2.36. The number of guanidine groups is 1. The zero-order valence-electron chi connectivity index (χ0n) is 8.77. The van der Waals surface area contributed by atoms with E-state index in [0.717, 1.165) is 13.1 Å². The predicted octanol–water partition coefficient (Wildman–Crippen LogP) is 1.45. The summed E-state index contributed by atoms with van der Waals surface area (Å²) >= 11 is 0. The molecule has 0 spiro atoms. The Morgan fingerprint density at radius 3 is 2.50 bits per heavy atom. The topological polar surface area (TPSA) is 41.6 Å². The van der Waals surface area contributed by atoms with Gasteiger partial charge in [-0.2, -0.15) is 0 Å². The van der Waals surface area contributed by atoms with Crippen LogP contribution in [0.2, 0.25) is 0 Å². The van der Waals surface area contributed by atoms with Gasteiger partial charge in [0.05, 0.1) is 0 Å². The maximum Gasteiger partial charge on any atom is 0.191 e. The molecule has 76 valence electrons. The normalized spacial score (nSPS) is 11.4. The fourth-order valence-corrected chi connectivity index (χ4v) is 1.30. The summed E-state index contributed by atoms with van der Waals surface area (Å²) in [7, 11) is 1.71. The van der Waals surface area contributed by atoms with Gasteiger partial charge in [-0.15, -0.1) is 0 Å². The van der Waals surface area contributed by atoms with Crippen LogP contribution in [0.3, 0.4) is 0 Å². The van der Waals surface area contributed by atoms with E-state index >= 15 is 0 Å². The van der Waals surface area contributed by atoms with E-state index in [1.165, 1.54) is 5.56 Å². The molecule has 0 aromatic heterocycles. The van der Waals surface area contributed by atoms with Crippen LogP contribution in [0.4, 0.5) is 0 Å². The number of hydrogen-bond donors (Lipinski definition) is 1. The lowest BCUT2D eigenvalue weighted by Gasteiger charge is -2.21. The van der Waals surface area contributed by atoms with Crippen molar-refractivity contribution in [3.8, 4) is 0 Å². The minimum Gasteiger partial charge on any atom is -0.370 e. The molecule has 1 rings (SSSR count). The molecule has 0 heterocycles. The van der Waals surface area contributed by atoms with Crippen LogP contribution in [0.1, 0.15) is 12.5 Å². The van der Waals surface area contributed by atoms with Crippen molar-refractivity contribution < 1.29 is 0 Å². The highest BCUT2D eigenvalue weighted by molar-refractivity contribution is 5.77. The van der Waals surface area contributed by atoms with Crippen LogP contribution >= 0.6 is 0 Å². The van der Waals surface area contributed by atoms with Gasteiger partial charge < -0.3 is 10.6 Å². The van der Waals surface area contributed by atoms with E-state index in [0.29, 0.717) is 5.96 Å². The summed E-state index contributed by atoms with van der Waals surface area (Å²) < 4.78 is 0. The zero-order chi connectivity index (χ0) is 10.4. The molecule has 0 atom stereocenters. The maximum atomic E-state index is 5.75.